The lowest BCUT2D eigenvalue weighted by atomic mass is 9.97. The molecule has 0 aliphatic heterocycles. The molecule has 0 fully saturated rings. The van der Waals surface area contributed by atoms with Gasteiger partial charge in [-0.15, -0.1) is 0 Å². The third-order valence-corrected chi connectivity index (χ3v) is 3.95. The maximum Gasteiger partial charge on any atom is 0.0742 e. The summed E-state index contributed by atoms with van der Waals surface area (Å²) in [6, 6.07) is 6.51. The van der Waals surface area contributed by atoms with Gasteiger partial charge >= 0.3 is 0 Å². The fourth-order valence-electron chi connectivity index (χ4n) is 2.30. The molecule has 0 amide bonds. The summed E-state index contributed by atoms with van der Waals surface area (Å²) in [7, 11) is 0. The number of hydrogen-bond donors (Lipinski definition) is 1. The molecule has 3 nitrogen and oxygen atoms in total. The number of nitrogens with two attached hydrogens (primary N) is 1. The van der Waals surface area contributed by atoms with Gasteiger partial charge in [0.15, 0.2) is 0 Å². The lowest BCUT2D eigenvalue weighted by Gasteiger charge is -2.20. The largest absolute Gasteiger partial charge is 0.319 e. The lowest BCUT2D eigenvalue weighted by Crippen LogP contribution is -2.20. The second kappa shape index (κ2) is 5.47. The Morgan fingerprint density at radius 3 is 2.58 bits per heavy atom. The van der Waals surface area contributed by atoms with Crippen molar-refractivity contribution in [2.75, 3.05) is 0 Å². The van der Waals surface area contributed by atoms with E-state index in [1.807, 2.05) is 10.9 Å². The van der Waals surface area contributed by atoms with Gasteiger partial charge in [-0.2, -0.15) is 5.10 Å². The Hall–Kier alpha value is -1.13. The van der Waals surface area contributed by atoms with Crippen molar-refractivity contribution in [3.05, 3.63) is 51.3 Å². The average Bonchev–Trinajstić information content (AvgIpc) is 2.73. The molecule has 2 N–H and O–H groups in total. The highest BCUT2D eigenvalue weighted by Gasteiger charge is 2.21. The Balaban J connectivity index is 2.52. The highest BCUT2D eigenvalue weighted by molar-refractivity contribution is 9.10. The summed E-state index contributed by atoms with van der Waals surface area (Å²) in [5, 5.41) is 4.40. The second-order valence-corrected chi connectivity index (χ2v) is 6.11. The zero-order valence-electron chi connectivity index (χ0n) is 11.8. The smallest absolute Gasteiger partial charge is 0.0742 e. The Morgan fingerprint density at radius 1 is 1.26 bits per heavy atom. The predicted octanol–water partition coefficient (Wildman–Crippen LogP) is 3.89. The van der Waals surface area contributed by atoms with Crippen LogP contribution >= 0.6 is 15.9 Å². The first-order valence-electron chi connectivity index (χ1n) is 6.47. The third kappa shape index (κ3) is 2.74. The summed E-state index contributed by atoms with van der Waals surface area (Å²) in [5.74, 6) is 0. The zero-order valence-corrected chi connectivity index (χ0v) is 13.4. The van der Waals surface area contributed by atoms with Crippen LogP contribution < -0.4 is 5.73 Å². The zero-order chi connectivity index (χ0) is 14.2. The molecule has 1 heterocycles. The number of nitrogens with zero attached hydrogens (tertiary/aromatic N) is 2. The summed E-state index contributed by atoms with van der Waals surface area (Å²) < 4.78 is 2.95. The third-order valence-electron chi connectivity index (χ3n) is 3.34. The van der Waals surface area contributed by atoms with Crippen LogP contribution in [0.2, 0.25) is 0 Å². The summed E-state index contributed by atoms with van der Waals surface area (Å²) in [5.41, 5.74) is 11.1. The van der Waals surface area contributed by atoms with Crippen LogP contribution in [-0.2, 0) is 0 Å². The van der Waals surface area contributed by atoms with Crippen molar-refractivity contribution < 1.29 is 0 Å². The lowest BCUT2D eigenvalue weighted by molar-refractivity contribution is 0.498. The molecule has 0 aliphatic rings. The first-order chi connectivity index (χ1) is 8.91. The summed E-state index contributed by atoms with van der Waals surface area (Å²) in [4.78, 5) is 0. The molecule has 0 aliphatic carbocycles. The number of benzene rings is 1. The molecule has 0 bridgehead atoms. The van der Waals surface area contributed by atoms with Crippen LogP contribution in [0, 0.1) is 13.8 Å². The van der Waals surface area contributed by atoms with Crippen LogP contribution in [0.25, 0.3) is 0 Å². The summed E-state index contributed by atoms with van der Waals surface area (Å²) in [6.45, 7) is 8.40. The standard InChI is InChI=1S/C15H20BrN3/c1-9(2)19-15(13(16)8-18-19)14(17)12-7-10(3)5-6-11(12)4/h5-9,14H,17H2,1-4H3. The van der Waals surface area contributed by atoms with Gasteiger partial charge in [0.1, 0.15) is 0 Å². The van der Waals surface area contributed by atoms with E-state index in [1.54, 1.807) is 0 Å². The topological polar surface area (TPSA) is 43.8 Å². The van der Waals surface area contributed by atoms with Crippen LogP contribution in [-0.4, -0.2) is 9.78 Å². The van der Waals surface area contributed by atoms with Gasteiger partial charge in [-0.1, -0.05) is 23.8 Å². The van der Waals surface area contributed by atoms with Crippen LogP contribution in [0.1, 0.15) is 48.3 Å². The van der Waals surface area contributed by atoms with E-state index in [0.717, 1.165) is 15.7 Å². The van der Waals surface area contributed by atoms with Crippen molar-refractivity contribution in [3.63, 3.8) is 0 Å². The van der Waals surface area contributed by atoms with E-state index in [-0.39, 0.29) is 12.1 Å². The Morgan fingerprint density at radius 2 is 1.95 bits per heavy atom. The van der Waals surface area contributed by atoms with E-state index in [1.165, 1.54) is 11.1 Å². The van der Waals surface area contributed by atoms with Gasteiger partial charge in [-0.05, 0) is 54.8 Å². The molecule has 2 aromatic rings. The quantitative estimate of drug-likeness (QED) is 0.931. The molecule has 1 unspecified atom stereocenters. The second-order valence-electron chi connectivity index (χ2n) is 5.25. The number of aryl methyl sites for hydroxylation is 2. The van der Waals surface area contributed by atoms with E-state index in [0.29, 0.717) is 0 Å². The van der Waals surface area contributed by atoms with Crippen molar-refractivity contribution >= 4 is 15.9 Å². The van der Waals surface area contributed by atoms with Crippen LogP contribution in [0.3, 0.4) is 0 Å². The Kier molecular flexibility index (Phi) is 4.11. The van der Waals surface area contributed by atoms with E-state index in [9.17, 15) is 0 Å². The minimum atomic E-state index is -0.167. The number of hydrogen-bond acceptors (Lipinski definition) is 2. The number of rotatable bonds is 3. The molecule has 1 atom stereocenters. The van der Waals surface area contributed by atoms with E-state index in [4.69, 9.17) is 5.73 Å². The molecular formula is C15H20BrN3. The first kappa shape index (κ1) is 14.3. The molecule has 0 saturated heterocycles. The van der Waals surface area contributed by atoms with E-state index in [2.05, 4.69) is 66.9 Å². The van der Waals surface area contributed by atoms with Gasteiger partial charge in [0.2, 0.25) is 0 Å². The van der Waals surface area contributed by atoms with Crippen LogP contribution in [0.15, 0.2) is 28.9 Å². The van der Waals surface area contributed by atoms with Crippen LogP contribution in [0.4, 0.5) is 0 Å². The van der Waals surface area contributed by atoms with Gasteiger partial charge in [-0.3, -0.25) is 4.68 Å². The van der Waals surface area contributed by atoms with Gasteiger partial charge in [0, 0.05) is 6.04 Å². The molecular weight excluding hydrogens is 302 g/mol. The minimum absolute atomic E-state index is 0.167. The highest BCUT2D eigenvalue weighted by Crippen LogP contribution is 2.30. The minimum Gasteiger partial charge on any atom is -0.319 e. The Labute approximate surface area is 122 Å². The molecule has 4 heteroatoms. The van der Waals surface area contributed by atoms with E-state index >= 15 is 0 Å². The molecule has 1 aromatic heterocycles. The number of halogens is 1. The molecule has 0 spiro atoms. The molecule has 1 aromatic carbocycles. The predicted molar refractivity (Wildman–Crippen MR) is 82.3 cm³/mol. The number of aromatic nitrogens is 2. The molecule has 19 heavy (non-hydrogen) atoms. The van der Waals surface area contributed by atoms with Crippen molar-refractivity contribution in [1.29, 1.82) is 0 Å². The maximum atomic E-state index is 6.48. The monoisotopic (exact) mass is 321 g/mol. The normalized spacial score (nSPS) is 13.0. The van der Waals surface area contributed by atoms with Gasteiger partial charge in [-0.25, -0.2) is 0 Å². The highest BCUT2D eigenvalue weighted by atomic mass is 79.9. The fourth-order valence-corrected chi connectivity index (χ4v) is 2.82. The van der Waals surface area contributed by atoms with Crippen LogP contribution in [0.5, 0.6) is 0 Å². The van der Waals surface area contributed by atoms with Crippen molar-refractivity contribution in [1.82, 2.24) is 9.78 Å². The maximum absolute atomic E-state index is 6.48. The fraction of sp³-hybridized carbons (Fsp3) is 0.400. The first-order valence-corrected chi connectivity index (χ1v) is 7.26. The van der Waals surface area contributed by atoms with Crippen molar-refractivity contribution in [2.24, 2.45) is 5.73 Å². The SMILES string of the molecule is Cc1ccc(C)c(C(N)c2c(Br)cnn2C(C)C)c1. The van der Waals surface area contributed by atoms with Gasteiger partial charge in [0.25, 0.3) is 0 Å². The van der Waals surface area contributed by atoms with Crippen molar-refractivity contribution in [2.45, 2.75) is 39.8 Å². The van der Waals surface area contributed by atoms with Gasteiger partial charge in [0.05, 0.1) is 22.4 Å². The van der Waals surface area contributed by atoms with Crippen molar-refractivity contribution in [3.8, 4) is 0 Å². The molecule has 0 radical (unpaired) electrons. The summed E-state index contributed by atoms with van der Waals surface area (Å²) >= 11 is 3.56. The van der Waals surface area contributed by atoms with Gasteiger partial charge < -0.3 is 5.73 Å². The van der Waals surface area contributed by atoms with E-state index < -0.39 is 0 Å². The summed E-state index contributed by atoms with van der Waals surface area (Å²) in [6.07, 6.45) is 1.82. The molecule has 0 saturated carbocycles. The average molecular weight is 322 g/mol. The molecule has 2 rings (SSSR count). The Bertz CT molecular complexity index is 587. The molecule has 102 valence electrons.